The number of nitrogens with zero attached hydrogens (tertiary/aromatic N) is 4. The van der Waals surface area contributed by atoms with Crippen LogP contribution in [0.25, 0.3) is 22.8 Å². The number of anilines is 2. The van der Waals surface area contributed by atoms with E-state index in [2.05, 4.69) is 41.0 Å². The molecular formula is C26H22N8O2. The lowest BCUT2D eigenvalue weighted by molar-refractivity contribution is 0.101. The van der Waals surface area contributed by atoms with Crippen molar-refractivity contribution < 1.29 is 9.59 Å². The lowest BCUT2D eigenvalue weighted by Gasteiger charge is -2.09. The Morgan fingerprint density at radius 1 is 0.639 bits per heavy atom. The highest BCUT2D eigenvalue weighted by Gasteiger charge is 2.12. The SMILES string of the molecule is Cc1nc(-c2cccc(NC(=O)c3ccc(C(=O)Nc4cccc(-c5n[nH]c(C)n5)c4)cc3)c2)n[nH]1. The van der Waals surface area contributed by atoms with Crippen LogP contribution in [-0.2, 0) is 0 Å². The number of hydrogen-bond acceptors (Lipinski definition) is 6. The van der Waals surface area contributed by atoms with Gasteiger partial charge in [-0.15, -0.1) is 0 Å². The molecule has 0 fully saturated rings. The van der Waals surface area contributed by atoms with E-state index in [1.54, 1.807) is 48.5 Å². The molecule has 0 atom stereocenters. The Bertz CT molecular complexity index is 1440. The number of hydrogen-bond donors (Lipinski definition) is 4. The molecule has 0 aliphatic heterocycles. The van der Waals surface area contributed by atoms with Crippen LogP contribution >= 0.6 is 0 Å². The predicted molar refractivity (Wildman–Crippen MR) is 135 cm³/mol. The summed E-state index contributed by atoms with van der Waals surface area (Å²) in [5.41, 5.74) is 3.64. The van der Waals surface area contributed by atoms with Crippen LogP contribution in [0.3, 0.4) is 0 Å². The number of amides is 2. The zero-order valence-electron chi connectivity index (χ0n) is 19.5. The van der Waals surface area contributed by atoms with Crippen LogP contribution < -0.4 is 10.6 Å². The van der Waals surface area contributed by atoms with Gasteiger partial charge in [0.1, 0.15) is 11.6 Å². The molecule has 0 aliphatic rings. The van der Waals surface area contributed by atoms with Crippen molar-refractivity contribution in [3.63, 3.8) is 0 Å². The van der Waals surface area contributed by atoms with Gasteiger partial charge >= 0.3 is 0 Å². The molecule has 36 heavy (non-hydrogen) atoms. The van der Waals surface area contributed by atoms with Gasteiger partial charge in [-0.25, -0.2) is 9.97 Å². The van der Waals surface area contributed by atoms with E-state index in [9.17, 15) is 9.59 Å². The van der Waals surface area contributed by atoms with Crippen LogP contribution in [0.2, 0.25) is 0 Å². The summed E-state index contributed by atoms with van der Waals surface area (Å²) in [5, 5.41) is 19.6. The van der Waals surface area contributed by atoms with E-state index in [0.29, 0.717) is 45.8 Å². The average Bonchev–Trinajstić information content (AvgIpc) is 3.53. The Labute approximate surface area is 206 Å². The molecule has 0 radical (unpaired) electrons. The minimum Gasteiger partial charge on any atom is -0.322 e. The third kappa shape index (κ3) is 5.02. The van der Waals surface area contributed by atoms with E-state index >= 15 is 0 Å². The molecule has 0 unspecified atom stereocenters. The Balaban J connectivity index is 1.24. The molecule has 2 amide bonds. The molecule has 5 aromatic rings. The van der Waals surface area contributed by atoms with Gasteiger partial charge in [0.05, 0.1) is 0 Å². The number of aryl methyl sites for hydroxylation is 2. The van der Waals surface area contributed by atoms with Crippen LogP contribution in [0.15, 0.2) is 72.8 Å². The van der Waals surface area contributed by atoms with Crippen molar-refractivity contribution in [1.82, 2.24) is 30.4 Å². The summed E-state index contributed by atoms with van der Waals surface area (Å²) in [5.74, 6) is 1.95. The Morgan fingerprint density at radius 2 is 1.06 bits per heavy atom. The minimum absolute atomic E-state index is 0.292. The minimum atomic E-state index is -0.292. The Kier molecular flexibility index (Phi) is 6.06. The van der Waals surface area contributed by atoms with Gasteiger partial charge in [-0.3, -0.25) is 19.8 Å². The fourth-order valence-electron chi connectivity index (χ4n) is 3.60. The van der Waals surface area contributed by atoms with E-state index in [1.807, 2.05) is 38.1 Å². The maximum Gasteiger partial charge on any atom is 0.255 e. The highest BCUT2D eigenvalue weighted by molar-refractivity contribution is 6.07. The van der Waals surface area contributed by atoms with Gasteiger partial charge < -0.3 is 10.6 Å². The number of rotatable bonds is 6. The Hall–Kier alpha value is -5.12. The lowest BCUT2D eigenvalue weighted by Crippen LogP contribution is -2.14. The van der Waals surface area contributed by atoms with Crippen molar-refractivity contribution >= 4 is 23.2 Å². The van der Waals surface area contributed by atoms with E-state index in [1.165, 1.54) is 0 Å². The highest BCUT2D eigenvalue weighted by Crippen LogP contribution is 2.21. The smallest absolute Gasteiger partial charge is 0.255 e. The molecule has 178 valence electrons. The summed E-state index contributed by atoms with van der Waals surface area (Å²) >= 11 is 0. The molecule has 0 bridgehead atoms. The second kappa shape index (κ2) is 9.63. The molecule has 10 nitrogen and oxygen atoms in total. The van der Waals surface area contributed by atoms with E-state index in [-0.39, 0.29) is 11.8 Å². The monoisotopic (exact) mass is 478 g/mol. The molecule has 3 aromatic carbocycles. The van der Waals surface area contributed by atoms with Gasteiger partial charge in [0.2, 0.25) is 0 Å². The third-order valence-corrected chi connectivity index (χ3v) is 5.36. The number of benzene rings is 3. The van der Waals surface area contributed by atoms with Crippen molar-refractivity contribution in [2.24, 2.45) is 0 Å². The fraction of sp³-hybridized carbons (Fsp3) is 0.0769. The first-order valence-corrected chi connectivity index (χ1v) is 11.2. The van der Waals surface area contributed by atoms with Gasteiger partial charge in [-0.05, 0) is 62.4 Å². The van der Waals surface area contributed by atoms with E-state index in [0.717, 1.165) is 11.1 Å². The number of nitrogens with one attached hydrogen (secondary N) is 4. The van der Waals surface area contributed by atoms with Gasteiger partial charge in [0, 0.05) is 33.6 Å². The summed E-state index contributed by atoms with van der Waals surface area (Å²) in [4.78, 5) is 34.1. The highest BCUT2D eigenvalue weighted by atomic mass is 16.2. The summed E-state index contributed by atoms with van der Waals surface area (Å²) in [6.07, 6.45) is 0. The lowest BCUT2D eigenvalue weighted by atomic mass is 10.1. The van der Waals surface area contributed by atoms with Crippen LogP contribution in [0.4, 0.5) is 11.4 Å². The molecule has 5 rings (SSSR count). The molecule has 0 saturated heterocycles. The summed E-state index contributed by atoms with van der Waals surface area (Å²) in [6, 6.07) is 21.0. The molecule has 0 spiro atoms. The van der Waals surface area contributed by atoms with Crippen molar-refractivity contribution in [1.29, 1.82) is 0 Å². The number of carbonyl (C=O) groups is 2. The number of carbonyl (C=O) groups excluding carboxylic acids is 2. The summed E-state index contributed by atoms with van der Waals surface area (Å²) in [6.45, 7) is 3.64. The van der Waals surface area contributed by atoms with Crippen LogP contribution in [0.1, 0.15) is 32.4 Å². The van der Waals surface area contributed by atoms with E-state index < -0.39 is 0 Å². The topological polar surface area (TPSA) is 141 Å². The molecule has 0 aliphatic carbocycles. The summed E-state index contributed by atoms with van der Waals surface area (Å²) < 4.78 is 0. The predicted octanol–water partition coefficient (Wildman–Crippen LogP) is 4.38. The van der Waals surface area contributed by atoms with E-state index in [4.69, 9.17) is 0 Å². The largest absolute Gasteiger partial charge is 0.322 e. The number of aromatic amines is 2. The van der Waals surface area contributed by atoms with Crippen molar-refractivity contribution in [3.05, 3.63) is 95.6 Å². The first-order valence-electron chi connectivity index (χ1n) is 11.2. The number of aromatic nitrogens is 6. The molecule has 2 heterocycles. The van der Waals surface area contributed by atoms with Crippen molar-refractivity contribution in [2.45, 2.75) is 13.8 Å². The van der Waals surface area contributed by atoms with Crippen molar-refractivity contribution in [3.8, 4) is 22.8 Å². The van der Waals surface area contributed by atoms with Gasteiger partial charge in [-0.1, -0.05) is 24.3 Å². The van der Waals surface area contributed by atoms with Crippen LogP contribution in [0, 0.1) is 13.8 Å². The molecular weight excluding hydrogens is 456 g/mol. The quantitative estimate of drug-likeness (QED) is 0.285. The zero-order valence-corrected chi connectivity index (χ0v) is 19.5. The summed E-state index contributed by atoms with van der Waals surface area (Å²) in [7, 11) is 0. The molecule has 10 heteroatoms. The first-order chi connectivity index (χ1) is 17.4. The molecule has 0 saturated carbocycles. The maximum atomic E-state index is 12.7. The van der Waals surface area contributed by atoms with Gasteiger partial charge in [-0.2, -0.15) is 10.2 Å². The maximum absolute atomic E-state index is 12.7. The first kappa shape index (κ1) is 22.7. The average molecular weight is 479 g/mol. The van der Waals surface area contributed by atoms with Gasteiger partial charge in [0.15, 0.2) is 11.6 Å². The molecule has 4 N–H and O–H groups in total. The molecule has 2 aromatic heterocycles. The van der Waals surface area contributed by atoms with Crippen molar-refractivity contribution in [2.75, 3.05) is 10.6 Å². The van der Waals surface area contributed by atoms with Crippen LogP contribution in [0.5, 0.6) is 0 Å². The third-order valence-electron chi connectivity index (χ3n) is 5.36. The second-order valence-electron chi connectivity index (χ2n) is 8.14. The van der Waals surface area contributed by atoms with Gasteiger partial charge in [0.25, 0.3) is 11.8 Å². The Morgan fingerprint density at radius 3 is 1.42 bits per heavy atom. The standard InChI is InChI=1S/C26H22N8O2/c1-15-27-23(33-31-15)19-5-3-7-21(13-19)29-25(35)17-9-11-18(12-10-17)26(36)30-22-8-4-6-20(14-22)24-28-16(2)32-34-24/h3-14H,1-2H3,(H,29,35)(H,30,36)(H,27,31,33)(H,28,32,34). The fourth-order valence-corrected chi connectivity index (χ4v) is 3.60. The number of H-pyrrole nitrogens is 2. The second-order valence-corrected chi connectivity index (χ2v) is 8.14. The normalized spacial score (nSPS) is 10.7. The van der Waals surface area contributed by atoms with Crippen LogP contribution in [-0.4, -0.2) is 42.2 Å². The zero-order chi connectivity index (χ0) is 25.1.